The molecule has 1 saturated heterocycles. The third kappa shape index (κ3) is 6.89. The molecule has 2 heterocycles. The first-order valence-corrected chi connectivity index (χ1v) is 13.3. The fourth-order valence-corrected chi connectivity index (χ4v) is 4.64. The van der Waals surface area contributed by atoms with Crippen molar-refractivity contribution in [2.45, 2.75) is 6.92 Å². The Bertz CT molecular complexity index is 1230. The molecular formula is C29H35ClN6O2. The monoisotopic (exact) mass is 534 g/mol. The molecule has 0 bridgehead atoms. The molecule has 4 rings (SSSR count). The number of nitrogens with zero attached hydrogens (tertiary/aromatic N) is 5. The lowest BCUT2D eigenvalue weighted by molar-refractivity contribution is 0.0985. The van der Waals surface area contributed by atoms with Gasteiger partial charge in [-0.25, -0.2) is 0 Å². The van der Waals surface area contributed by atoms with E-state index in [0.717, 1.165) is 50.6 Å². The number of carbonyl (C=O) groups excluding carboxylic acids is 2. The summed E-state index contributed by atoms with van der Waals surface area (Å²) in [6.45, 7) is 8.02. The standard InChI is InChI=1S/C29H35ClN6O2/c1-4-36(25-8-6-24(30)7-9-25)29(38)23-5-10-27(35-19-17-34(18-20-35)16-15-33(2)3)26(21-23)32-28(37)22-11-13-31-14-12-22/h5-14,21H,4,15-20H2,1-3H3,(H,32,37). The Morgan fingerprint density at radius 1 is 0.947 bits per heavy atom. The van der Waals surface area contributed by atoms with Gasteiger partial charge in [0.2, 0.25) is 0 Å². The third-order valence-electron chi connectivity index (χ3n) is 6.71. The predicted octanol–water partition coefficient (Wildman–Crippen LogP) is 4.34. The van der Waals surface area contributed by atoms with Crippen molar-refractivity contribution in [2.24, 2.45) is 0 Å². The summed E-state index contributed by atoms with van der Waals surface area (Å²) in [6.07, 6.45) is 3.18. The molecule has 8 nitrogen and oxygen atoms in total. The van der Waals surface area contributed by atoms with Gasteiger partial charge < -0.3 is 20.0 Å². The maximum absolute atomic E-state index is 13.6. The van der Waals surface area contributed by atoms with Crippen molar-refractivity contribution in [3.05, 3.63) is 83.1 Å². The molecule has 0 atom stereocenters. The number of amides is 2. The first-order chi connectivity index (χ1) is 18.4. The summed E-state index contributed by atoms with van der Waals surface area (Å²) in [5, 5.41) is 3.67. The van der Waals surface area contributed by atoms with Crippen molar-refractivity contribution in [2.75, 3.05) is 75.0 Å². The van der Waals surface area contributed by atoms with Crippen LogP contribution in [-0.4, -0.2) is 86.5 Å². The number of piperazine rings is 1. The van der Waals surface area contributed by atoms with Gasteiger partial charge in [0.15, 0.2) is 0 Å². The van der Waals surface area contributed by atoms with Crippen molar-refractivity contribution in [1.29, 1.82) is 0 Å². The number of carbonyl (C=O) groups is 2. The smallest absolute Gasteiger partial charge is 0.258 e. The van der Waals surface area contributed by atoms with E-state index in [9.17, 15) is 9.59 Å². The second-order valence-electron chi connectivity index (χ2n) is 9.58. The molecule has 1 aromatic heterocycles. The summed E-state index contributed by atoms with van der Waals surface area (Å²) in [7, 11) is 4.17. The lowest BCUT2D eigenvalue weighted by atomic mass is 10.1. The molecule has 1 aliphatic rings. The molecule has 0 saturated carbocycles. The fourth-order valence-electron chi connectivity index (χ4n) is 4.52. The van der Waals surface area contributed by atoms with Crippen LogP contribution in [-0.2, 0) is 0 Å². The molecule has 9 heteroatoms. The molecule has 2 amide bonds. The van der Waals surface area contributed by atoms with Crippen LogP contribution in [0.4, 0.5) is 17.1 Å². The zero-order valence-corrected chi connectivity index (χ0v) is 23.0. The number of likely N-dealkylation sites (N-methyl/N-ethyl adjacent to an activating group) is 1. The Morgan fingerprint density at radius 2 is 1.63 bits per heavy atom. The Labute approximate surface area is 229 Å². The van der Waals surface area contributed by atoms with Crippen LogP contribution in [0.15, 0.2) is 67.0 Å². The quantitative estimate of drug-likeness (QED) is 0.440. The topological polar surface area (TPSA) is 72.0 Å². The van der Waals surface area contributed by atoms with Crippen LogP contribution in [0.25, 0.3) is 0 Å². The number of benzene rings is 2. The van der Waals surface area contributed by atoms with E-state index in [1.807, 2.05) is 31.2 Å². The van der Waals surface area contributed by atoms with Gasteiger partial charge in [-0.1, -0.05) is 11.6 Å². The largest absolute Gasteiger partial charge is 0.367 e. The number of hydrogen-bond acceptors (Lipinski definition) is 6. The molecule has 3 aromatic rings. The first kappa shape index (κ1) is 27.6. The Hall–Kier alpha value is -3.46. The third-order valence-corrected chi connectivity index (χ3v) is 6.96. The van der Waals surface area contributed by atoms with Gasteiger partial charge in [-0.15, -0.1) is 0 Å². The van der Waals surface area contributed by atoms with Gasteiger partial charge in [-0.2, -0.15) is 0 Å². The van der Waals surface area contributed by atoms with E-state index in [1.165, 1.54) is 0 Å². The minimum absolute atomic E-state index is 0.144. The molecule has 38 heavy (non-hydrogen) atoms. The van der Waals surface area contributed by atoms with Crippen molar-refractivity contribution in [3.8, 4) is 0 Å². The van der Waals surface area contributed by atoms with E-state index in [-0.39, 0.29) is 11.8 Å². The number of anilines is 3. The molecule has 0 radical (unpaired) electrons. The molecule has 1 N–H and O–H groups in total. The van der Waals surface area contributed by atoms with E-state index < -0.39 is 0 Å². The number of halogens is 1. The lowest BCUT2D eigenvalue weighted by Crippen LogP contribution is -2.48. The minimum atomic E-state index is -0.243. The van der Waals surface area contributed by atoms with Gasteiger partial charge in [0, 0.05) is 80.0 Å². The highest BCUT2D eigenvalue weighted by molar-refractivity contribution is 6.30. The number of hydrogen-bond donors (Lipinski definition) is 1. The van der Waals surface area contributed by atoms with E-state index in [4.69, 9.17) is 11.6 Å². The average Bonchev–Trinajstić information content (AvgIpc) is 2.94. The molecule has 1 fully saturated rings. The highest BCUT2D eigenvalue weighted by Gasteiger charge is 2.23. The van der Waals surface area contributed by atoms with Crippen LogP contribution >= 0.6 is 11.6 Å². The van der Waals surface area contributed by atoms with Crippen LogP contribution in [0.2, 0.25) is 5.02 Å². The first-order valence-electron chi connectivity index (χ1n) is 12.9. The lowest BCUT2D eigenvalue weighted by Gasteiger charge is -2.37. The van der Waals surface area contributed by atoms with Crippen molar-refractivity contribution >= 4 is 40.5 Å². The summed E-state index contributed by atoms with van der Waals surface area (Å²) in [5.41, 5.74) is 3.30. The van der Waals surface area contributed by atoms with Gasteiger partial charge in [0.05, 0.1) is 11.4 Å². The van der Waals surface area contributed by atoms with Crippen LogP contribution in [0.1, 0.15) is 27.6 Å². The highest BCUT2D eigenvalue weighted by Crippen LogP contribution is 2.30. The summed E-state index contributed by atoms with van der Waals surface area (Å²) >= 11 is 6.05. The number of pyridine rings is 1. The highest BCUT2D eigenvalue weighted by atomic mass is 35.5. The van der Waals surface area contributed by atoms with Gasteiger partial charge in [0.25, 0.3) is 11.8 Å². The Kier molecular flexibility index (Phi) is 9.33. The predicted molar refractivity (Wildman–Crippen MR) is 155 cm³/mol. The van der Waals surface area contributed by atoms with Crippen LogP contribution < -0.4 is 15.1 Å². The molecule has 1 aliphatic heterocycles. The average molecular weight is 535 g/mol. The summed E-state index contributed by atoms with van der Waals surface area (Å²) in [6, 6.07) is 16.1. The number of aromatic nitrogens is 1. The molecule has 0 spiro atoms. The maximum atomic E-state index is 13.6. The summed E-state index contributed by atoms with van der Waals surface area (Å²) in [4.78, 5) is 39.3. The zero-order valence-electron chi connectivity index (χ0n) is 22.2. The minimum Gasteiger partial charge on any atom is -0.367 e. The van der Waals surface area contributed by atoms with Gasteiger partial charge in [0.1, 0.15) is 0 Å². The van der Waals surface area contributed by atoms with E-state index in [1.54, 1.807) is 47.6 Å². The van der Waals surface area contributed by atoms with Crippen LogP contribution in [0.3, 0.4) is 0 Å². The fraction of sp³-hybridized carbons (Fsp3) is 0.345. The second kappa shape index (κ2) is 12.9. The SMILES string of the molecule is CCN(C(=O)c1ccc(N2CCN(CCN(C)C)CC2)c(NC(=O)c2ccncc2)c1)c1ccc(Cl)cc1. The molecule has 0 aliphatic carbocycles. The zero-order chi connectivity index (χ0) is 27.1. The maximum Gasteiger partial charge on any atom is 0.258 e. The van der Waals surface area contributed by atoms with E-state index >= 15 is 0 Å². The van der Waals surface area contributed by atoms with Crippen molar-refractivity contribution < 1.29 is 9.59 Å². The van der Waals surface area contributed by atoms with Gasteiger partial charge in [-0.3, -0.25) is 19.5 Å². The second-order valence-corrected chi connectivity index (χ2v) is 10.0. The molecule has 0 unspecified atom stereocenters. The Morgan fingerprint density at radius 3 is 2.26 bits per heavy atom. The van der Waals surface area contributed by atoms with E-state index in [2.05, 4.69) is 39.1 Å². The van der Waals surface area contributed by atoms with Crippen LogP contribution in [0, 0.1) is 0 Å². The molecule has 200 valence electrons. The number of nitrogens with one attached hydrogen (secondary N) is 1. The Balaban J connectivity index is 1.60. The van der Waals surface area contributed by atoms with Crippen molar-refractivity contribution in [3.63, 3.8) is 0 Å². The van der Waals surface area contributed by atoms with E-state index in [0.29, 0.717) is 28.4 Å². The molecular weight excluding hydrogens is 500 g/mol. The van der Waals surface area contributed by atoms with Crippen molar-refractivity contribution in [1.82, 2.24) is 14.8 Å². The van der Waals surface area contributed by atoms with Gasteiger partial charge in [-0.05, 0) is 75.6 Å². The number of rotatable bonds is 9. The van der Waals surface area contributed by atoms with Gasteiger partial charge >= 0.3 is 0 Å². The normalized spacial score (nSPS) is 14.0. The van der Waals surface area contributed by atoms with Crippen LogP contribution in [0.5, 0.6) is 0 Å². The summed E-state index contributed by atoms with van der Waals surface area (Å²) < 4.78 is 0. The molecule has 2 aromatic carbocycles. The summed E-state index contributed by atoms with van der Waals surface area (Å²) in [5.74, 6) is -0.387.